The van der Waals surface area contributed by atoms with Crippen LogP contribution >= 0.6 is 0 Å². The molecular formula is C16H24N4O4S. The van der Waals surface area contributed by atoms with Crippen LogP contribution in [0.4, 0.5) is 5.69 Å². The van der Waals surface area contributed by atoms with Crippen molar-refractivity contribution in [1.82, 2.24) is 5.32 Å². The number of hydrogen-bond donors (Lipinski definition) is 3. The molecule has 2 rings (SSSR count). The molecule has 1 heterocycles. The number of benzene rings is 1. The largest absolute Gasteiger partial charge is 0.479 e. The summed E-state index contributed by atoms with van der Waals surface area (Å²) in [5.74, 6) is -0.160. The molecule has 8 nitrogen and oxygen atoms in total. The molecule has 9 heteroatoms. The maximum atomic E-state index is 12.4. The first-order valence-electron chi connectivity index (χ1n) is 8.21. The minimum Gasteiger partial charge on any atom is -0.479 e. The molecule has 1 aliphatic heterocycles. The van der Waals surface area contributed by atoms with Crippen LogP contribution in [0.25, 0.3) is 0 Å². The van der Waals surface area contributed by atoms with Crippen molar-refractivity contribution in [1.29, 1.82) is 0 Å². The molecule has 4 N–H and O–H groups in total. The molecule has 1 amide bonds. The highest BCUT2D eigenvalue weighted by molar-refractivity contribution is 7.91. The Morgan fingerprint density at radius 2 is 2.12 bits per heavy atom. The zero-order chi connectivity index (χ0) is 18.6. The summed E-state index contributed by atoms with van der Waals surface area (Å²) in [6, 6.07) is 4.82. The van der Waals surface area contributed by atoms with E-state index in [0.29, 0.717) is 17.9 Å². The highest BCUT2D eigenvalue weighted by Gasteiger charge is 2.29. The van der Waals surface area contributed by atoms with E-state index in [1.807, 2.05) is 20.8 Å². The number of fused-ring (bicyclic) bond motifs is 1. The van der Waals surface area contributed by atoms with E-state index in [1.54, 1.807) is 18.2 Å². The van der Waals surface area contributed by atoms with E-state index in [-0.39, 0.29) is 23.3 Å². The number of carbonyl (C=O) groups excluding carboxylic acids is 1. The number of rotatable bonds is 7. The average Bonchev–Trinajstić information content (AvgIpc) is 2.50. The Labute approximate surface area is 148 Å². The van der Waals surface area contributed by atoms with Gasteiger partial charge in [-0.05, 0) is 24.5 Å². The Bertz CT molecular complexity index is 774. The van der Waals surface area contributed by atoms with Gasteiger partial charge in [-0.3, -0.25) is 9.52 Å². The van der Waals surface area contributed by atoms with Gasteiger partial charge >= 0.3 is 10.2 Å². The number of hydrogen-bond acceptors (Lipinski definition) is 5. The zero-order valence-electron chi connectivity index (χ0n) is 14.6. The van der Waals surface area contributed by atoms with Gasteiger partial charge in [-0.1, -0.05) is 33.3 Å². The lowest BCUT2D eigenvalue weighted by Gasteiger charge is -2.25. The van der Waals surface area contributed by atoms with Gasteiger partial charge in [0.25, 0.3) is 5.91 Å². The number of nitrogens with zero attached hydrogens (tertiary/aromatic N) is 1. The summed E-state index contributed by atoms with van der Waals surface area (Å²) < 4.78 is 34.9. The summed E-state index contributed by atoms with van der Waals surface area (Å²) in [6.45, 7) is 6.37. The van der Waals surface area contributed by atoms with Crippen molar-refractivity contribution in [2.45, 2.75) is 39.7 Å². The minimum absolute atomic E-state index is 0.0871. The second-order valence-corrected chi connectivity index (χ2v) is 7.50. The number of amides is 1. The lowest BCUT2D eigenvalue weighted by Crippen LogP contribution is -2.42. The van der Waals surface area contributed by atoms with Crippen LogP contribution in [0.15, 0.2) is 22.6 Å². The van der Waals surface area contributed by atoms with Crippen molar-refractivity contribution in [2.24, 2.45) is 16.0 Å². The second kappa shape index (κ2) is 7.73. The highest BCUT2D eigenvalue weighted by atomic mass is 32.2. The molecule has 1 aromatic carbocycles. The molecule has 0 aromatic heterocycles. The SMILES string of the molecule is CCCCNC(=O)C(Oc1cccc2c1C(N)=NS(=O)(=O)N2)C(C)C. The summed E-state index contributed by atoms with van der Waals surface area (Å²) in [5, 5.41) is 2.85. The molecule has 0 spiro atoms. The molecule has 1 atom stereocenters. The van der Waals surface area contributed by atoms with E-state index >= 15 is 0 Å². The molecule has 25 heavy (non-hydrogen) atoms. The summed E-state index contributed by atoms with van der Waals surface area (Å²) in [5.41, 5.74) is 6.41. The standard InChI is InChI=1S/C16H24N4O4S/c1-4-5-9-18-16(21)14(10(2)3)24-12-8-6-7-11-13(12)15(17)20-25(22,23)19-11/h6-8,10,14,19H,4-5,9H2,1-3H3,(H2,17,20)(H,18,21). The average molecular weight is 368 g/mol. The number of nitrogens with two attached hydrogens (primary N) is 1. The number of nitrogens with one attached hydrogen (secondary N) is 2. The van der Waals surface area contributed by atoms with Gasteiger partial charge in [0.1, 0.15) is 5.75 Å². The molecule has 0 aliphatic carbocycles. The lowest BCUT2D eigenvalue weighted by atomic mass is 10.1. The van der Waals surface area contributed by atoms with Crippen LogP contribution in [0.1, 0.15) is 39.2 Å². The number of ether oxygens (including phenoxy) is 1. The van der Waals surface area contributed by atoms with Gasteiger partial charge in [0.05, 0.1) is 11.3 Å². The third-order valence-corrected chi connectivity index (χ3v) is 4.60. The Balaban J connectivity index is 2.28. The zero-order valence-corrected chi connectivity index (χ0v) is 15.4. The van der Waals surface area contributed by atoms with Crippen LogP contribution in [-0.2, 0) is 15.0 Å². The fourth-order valence-electron chi connectivity index (χ4n) is 2.43. The Kier molecular flexibility index (Phi) is 5.89. The fourth-order valence-corrected chi connectivity index (χ4v) is 3.28. The van der Waals surface area contributed by atoms with E-state index in [0.717, 1.165) is 12.8 Å². The molecule has 1 unspecified atom stereocenters. The van der Waals surface area contributed by atoms with E-state index < -0.39 is 16.3 Å². The Morgan fingerprint density at radius 1 is 1.40 bits per heavy atom. The smallest absolute Gasteiger partial charge is 0.344 e. The Morgan fingerprint density at radius 3 is 2.76 bits per heavy atom. The Hall–Kier alpha value is -2.29. The van der Waals surface area contributed by atoms with Crippen LogP contribution in [-0.4, -0.2) is 32.8 Å². The van der Waals surface area contributed by atoms with Crippen molar-refractivity contribution in [3.63, 3.8) is 0 Å². The van der Waals surface area contributed by atoms with Gasteiger partial charge < -0.3 is 15.8 Å². The van der Waals surface area contributed by atoms with Crippen LogP contribution in [0.2, 0.25) is 0 Å². The fraction of sp³-hybridized carbons (Fsp3) is 0.500. The molecule has 1 aliphatic rings. The minimum atomic E-state index is -3.86. The molecule has 0 radical (unpaired) electrons. The van der Waals surface area contributed by atoms with E-state index in [9.17, 15) is 13.2 Å². The molecule has 0 saturated heterocycles. The first-order chi connectivity index (χ1) is 11.7. The normalized spacial score (nSPS) is 16.4. The molecular weight excluding hydrogens is 344 g/mol. The topological polar surface area (TPSA) is 123 Å². The van der Waals surface area contributed by atoms with E-state index in [4.69, 9.17) is 10.5 Å². The van der Waals surface area contributed by atoms with Gasteiger partial charge in [0.15, 0.2) is 11.9 Å². The molecule has 138 valence electrons. The molecule has 0 fully saturated rings. The maximum Gasteiger partial charge on any atom is 0.344 e. The first-order valence-corrected chi connectivity index (χ1v) is 9.65. The van der Waals surface area contributed by atoms with Gasteiger partial charge in [0, 0.05) is 6.54 Å². The summed E-state index contributed by atoms with van der Waals surface area (Å²) in [7, 11) is -3.86. The van der Waals surface area contributed by atoms with Crippen molar-refractivity contribution in [2.75, 3.05) is 11.3 Å². The summed E-state index contributed by atoms with van der Waals surface area (Å²) in [6.07, 6.45) is 1.14. The van der Waals surface area contributed by atoms with Crippen molar-refractivity contribution in [3.8, 4) is 5.75 Å². The van der Waals surface area contributed by atoms with Crippen LogP contribution < -0.4 is 20.5 Å². The van der Waals surface area contributed by atoms with Crippen LogP contribution in [0, 0.1) is 5.92 Å². The first kappa shape index (κ1) is 19.0. The molecule has 1 aromatic rings. The maximum absolute atomic E-state index is 12.4. The number of anilines is 1. The molecule has 0 bridgehead atoms. The monoisotopic (exact) mass is 368 g/mol. The predicted molar refractivity (Wildman–Crippen MR) is 96.9 cm³/mol. The quantitative estimate of drug-likeness (QED) is 0.628. The third-order valence-electron chi connectivity index (χ3n) is 3.69. The summed E-state index contributed by atoms with van der Waals surface area (Å²) in [4.78, 5) is 12.4. The number of unbranched alkanes of at least 4 members (excludes halogenated alkanes) is 1. The number of amidine groups is 1. The van der Waals surface area contributed by atoms with Crippen molar-refractivity contribution < 1.29 is 17.9 Å². The van der Waals surface area contributed by atoms with Gasteiger partial charge in [-0.15, -0.1) is 4.40 Å². The van der Waals surface area contributed by atoms with Gasteiger partial charge in [0.2, 0.25) is 0 Å². The van der Waals surface area contributed by atoms with Gasteiger partial charge in [-0.25, -0.2) is 0 Å². The van der Waals surface area contributed by atoms with E-state index in [1.165, 1.54) is 0 Å². The molecule has 0 saturated carbocycles. The third kappa shape index (κ3) is 4.62. The van der Waals surface area contributed by atoms with Crippen molar-refractivity contribution >= 4 is 27.6 Å². The van der Waals surface area contributed by atoms with Crippen molar-refractivity contribution in [3.05, 3.63) is 23.8 Å². The predicted octanol–water partition coefficient (Wildman–Crippen LogP) is 1.38. The highest BCUT2D eigenvalue weighted by Crippen LogP contribution is 2.31. The second-order valence-electron chi connectivity index (χ2n) is 6.16. The van der Waals surface area contributed by atoms with E-state index in [2.05, 4.69) is 14.4 Å². The lowest BCUT2D eigenvalue weighted by molar-refractivity contribution is -0.129. The number of carbonyl (C=O) groups is 1. The summed E-state index contributed by atoms with van der Waals surface area (Å²) >= 11 is 0. The van der Waals surface area contributed by atoms with Gasteiger partial charge in [-0.2, -0.15) is 8.42 Å². The van der Waals surface area contributed by atoms with Crippen LogP contribution in [0.5, 0.6) is 5.75 Å². The van der Waals surface area contributed by atoms with Crippen LogP contribution in [0.3, 0.4) is 0 Å².